The standard InChI is InChI=1S/C12H8N4O4/c1-15-5-13-10-9(14-18)8-6(12(17)11(10)15)3-2-4-7(8)16(19)20/h2-5,18H,1H3/b14-9+. The van der Waals surface area contributed by atoms with Crippen LogP contribution in [0.15, 0.2) is 29.7 Å². The van der Waals surface area contributed by atoms with E-state index in [0.29, 0.717) is 0 Å². The summed E-state index contributed by atoms with van der Waals surface area (Å²) in [4.78, 5) is 26.9. The molecular formula is C12H8N4O4. The van der Waals surface area contributed by atoms with Gasteiger partial charge in [-0.05, 0) is 6.07 Å². The van der Waals surface area contributed by atoms with Gasteiger partial charge in [-0.3, -0.25) is 14.9 Å². The predicted octanol–water partition coefficient (Wildman–Crippen LogP) is 1.10. The van der Waals surface area contributed by atoms with Crippen molar-refractivity contribution in [3.8, 4) is 0 Å². The van der Waals surface area contributed by atoms with Crippen LogP contribution in [-0.4, -0.2) is 31.2 Å². The second kappa shape index (κ2) is 3.98. The van der Waals surface area contributed by atoms with E-state index in [1.165, 1.54) is 29.1 Å². The normalized spacial score (nSPS) is 15.1. The molecule has 0 atom stereocenters. The smallest absolute Gasteiger partial charge is 0.279 e. The van der Waals surface area contributed by atoms with Crippen LogP contribution < -0.4 is 0 Å². The minimum atomic E-state index is -0.620. The molecule has 3 rings (SSSR count). The van der Waals surface area contributed by atoms with Gasteiger partial charge in [0.25, 0.3) is 5.69 Å². The highest BCUT2D eigenvalue weighted by Crippen LogP contribution is 2.32. The molecule has 0 saturated heterocycles. The molecule has 0 saturated carbocycles. The summed E-state index contributed by atoms with van der Waals surface area (Å²) in [5.74, 6) is -0.383. The molecule has 8 heteroatoms. The number of rotatable bonds is 1. The van der Waals surface area contributed by atoms with Gasteiger partial charge < -0.3 is 9.77 Å². The Bertz CT molecular complexity index is 791. The van der Waals surface area contributed by atoms with Crippen LogP contribution in [0, 0.1) is 10.1 Å². The van der Waals surface area contributed by atoms with Crippen LogP contribution in [0.1, 0.15) is 27.3 Å². The number of aromatic nitrogens is 2. The van der Waals surface area contributed by atoms with Crippen LogP contribution in [0.25, 0.3) is 0 Å². The number of benzene rings is 1. The van der Waals surface area contributed by atoms with Gasteiger partial charge in [0.2, 0.25) is 5.78 Å². The van der Waals surface area contributed by atoms with Gasteiger partial charge in [-0.25, -0.2) is 4.98 Å². The lowest BCUT2D eigenvalue weighted by Gasteiger charge is -2.16. The van der Waals surface area contributed by atoms with E-state index in [0.717, 1.165) is 0 Å². The van der Waals surface area contributed by atoms with Crippen LogP contribution in [0.2, 0.25) is 0 Å². The summed E-state index contributed by atoms with van der Waals surface area (Å²) in [6.45, 7) is 0. The fraction of sp³-hybridized carbons (Fsp3) is 0.0833. The second-order valence-corrected chi connectivity index (χ2v) is 4.29. The average molecular weight is 272 g/mol. The number of carbonyl (C=O) groups excluding carboxylic acids is 1. The Morgan fingerprint density at radius 3 is 2.85 bits per heavy atom. The Hall–Kier alpha value is -3.03. The van der Waals surface area contributed by atoms with Crippen LogP contribution >= 0.6 is 0 Å². The molecule has 0 aliphatic heterocycles. The lowest BCUT2D eigenvalue weighted by Crippen LogP contribution is -2.24. The van der Waals surface area contributed by atoms with Gasteiger partial charge in [-0.15, -0.1) is 0 Å². The quantitative estimate of drug-likeness (QED) is 0.405. The number of oxime groups is 1. The van der Waals surface area contributed by atoms with Gasteiger partial charge in [-0.1, -0.05) is 11.2 Å². The van der Waals surface area contributed by atoms with E-state index in [1.807, 2.05) is 0 Å². The van der Waals surface area contributed by atoms with Gasteiger partial charge in [0.1, 0.15) is 17.1 Å². The number of hydrogen-bond acceptors (Lipinski definition) is 6. The number of carbonyl (C=O) groups is 1. The zero-order valence-corrected chi connectivity index (χ0v) is 10.3. The van der Waals surface area contributed by atoms with Crippen molar-refractivity contribution in [3.05, 3.63) is 57.2 Å². The largest absolute Gasteiger partial charge is 0.410 e. The number of nitro benzene ring substituents is 1. The van der Waals surface area contributed by atoms with Crippen molar-refractivity contribution in [2.75, 3.05) is 0 Å². The SMILES string of the molecule is Cn1cnc2c1C(=O)c1cccc([N+](=O)[O-])c1/C2=N\O. The first-order chi connectivity index (χ1) is 9.56. The zero-order valence-electron chi connectivity index (χ0n) is 10.3. The van der Waals surface area contributed by atoms with Crippen LogP contribution in [0.3, 0.4) is 0 Å². The summed E-state index contributed by atoms with van der Waals surface area (Å²) in [6, 6.07) is 4.14. The fourth-order valence-electron chi connectivity index (χ4n) is 2.34. The Morgan fingerprint density at radius 1 is 1.45 bits per heavy atom. The van der Waals surface area contributed by atoms with Crippen molar-refractivity contribution in [1.29, 1.82) is 0 Å². The number of aryl methyl sites for hydroxylation is 1. The van der Waals surface area contributed by atoms with E-state index in [9.17, 15) is 20.1 Å². The molecule has 0 bridgehead atoms. The maximum Gasteiger partial charge on any atom is 0.279 e. The Balaban J connectivity index is 2.41. The van der Waals surface area contributed by atoms with Gasteiger partial charge >= 0.3 is 0 Å². The third kappa shape index (κ3) is 1.38. The van der Waals surface area contributed by atoms with E-state index < -0.39 is 4.92 Å². The molecule has 1 heterocycles. The van der Waals surface area contributed by atoms with Crippen molar-refractivity contribution < 1.29 is 14.9 Å². The Morgan fingerprint density at radius 2 is 2.20 bits per heavy atom. The molecule has 100 valence electrons. The van der Waals surface area contributed by atoms with Gasteiger partial charge in [-0.2, -0.15) is 0 Å². The summed E-state index contributed by atoms with van der Waals surface area (Å²) in [5.41, 5.74) is 0.148. The van der Waals surface area contributed by atoms with Crippen molar-refractivity contribution >= 4 is 17.2 Å². The van der Waals surface area contributed by atoms with Crippen molar-refractivity contribution in [2.45, 2.75) is 0 Å². The number of ketones is 1. The van der Waals surface area contributed by atoms with Crippen LogP contribution in [-0.2, 0) is 7.05 Å². The molecule has 1 aromatic carbocycles. The van der Waals surface area contributed by atoms with Crippen molar-refractivity contribution in [3.63, 3.8) is 0 Å². The summed E-state index contributed by atoms with van der Waals surface area (Å²) >= 11 is 0. The summed E-state index contributed by atoms with van der Waals surface area (Å²) in [6.07, 6.45) is 1.39. The van der Waals surface area contributed by atoms with Crippen LogP contribution in [0.5, 0.6) is 0 Å². The lowest BCUT2D eigenvalue weighted by molar-refractivity contribution is -0.385. The number of fused-ring (bicyclic) bond motifs is 2. The molecule has 20 heavy (non-hydrogen) atoms. The highest BCUT2D eigenvalue weighted by atomic mass is 16.6. The molecule has 8 nitrogen and oxygen atoms in total. The lowest BCUT2D eigenvalue weighted by atomic mass is 9.88. The first kappa shape index (κ1) is 12.0. The third-order valence-corrected chi connectivity index (χ3v) is 3.20. The summed E-state index contributed by atoms with van der Waals surface area (Å²) < 4.78 is 1.49. The van der Waals surface area contributed by atoms with Gasteiger partial charge in [0.15, 0.2) is 0 Å². The van der Waals surface area contributed by atoms with E-state index >= 15 is 0 Å². The highest BCUT2D eigenvalue weighted by molar-refractivity contribution is 6.30. The average Bonchev–Trinajstić information content (AvgIpc) is 2.81. The minimum Gasteiger partial charge on any atom is -0.410 e. The first-order valence-corrected chi connectivity index (χ1v) is 5.62. The monoisotopic (exact) mass is 272 g/mol. The van der Waals surface area contributed by atoms with Crippen molar-refractivity contribution in [2.24, 2.45) is 12.2 Å². The Labute approximate surface area is 112 Å². The number of nitrogens with zero attached hydrogens (tertiary/aromatic N) is 4. The van der Waals surface area contributed by atoms with Crippen molar-refractivity contribution in [1.82, 2.24) is 9.55 Å². The molecular weight excluding hydrogens is 264 g/mol. The molecule has 2 aromatic rings. The summed E-state index contributed by atoms with van der Waals surface area (Å²) in [7, 11) is 1.63. The molecule has 0 unspecified atom stereocenters. The van der Waals surface area contributed by atoms with E-state index in [-0.39, 0.29) is 39.7 Å². The predicted molar refractivity (Wildman–Crippen MR) is 67.2 cm³/mol. The number of imidazole rings is 1. The zero-order chi connectivity index (χ0) is 14.4. The van der Waals surface area contributed by atoms with E-state index in [2.05, 4.69) is 10.1 Å². The van der Waals surface area contributed by atoms with Crippen LogP contribution in [0.4, 0.5) is 5.69 Å². The van der Waals surface area contributed by atoms with Gasteiger partial charge in [0.05, 0.1) is 16.8 Å². The maximum absolute atomic E-state index is 12.4. The maximum atomic E-state index is 12.4. The molecule has 1 aliphatic rings. The minimum absolute atomic E-state index is 0.00352. The Kier molecular flexibility index (Phi) is 2.40. The number of nitro groups is 1. The molecule has 1 aromatic heterocycles. The van der Waals surface area contributed by atoms with E-state index in [1.54, 1.807) is 7.05 Å². The van der Waals surface area contributed by atoms with Gasteiger partial charge in [0, 0.05) is 18.7 Å². The molecule has 1 N–H and O–H groups in total. The third-order valence-electron chi connectivity index (χ3n) is 3.20. The fourth-order valence-corrected chi connectivity index (χ4v) is 2.34. The molecule has 0 amide bonds. The summed E-state index contributed by atoms with van der Waals surface area (Å²) in [5, 5.41) is 23.4. The van der Waals surface area contributed by atoms with E-state index in [4.69, 9.17) is 0 Å². The molecule has 0 fully saturated rings. The molecule has 0 spiro atoms. The molecule has 0 radical (unpaired) electrons. The second-order valence-electron chi connectivity index (χ2n) is 4.29. The molecule has 1 aliphatic carbocycles. The first-order valence-electron chi connectivity index (χ1n) is 5.62. The highest BCUT2D eigenvalue weighted by Gasteiger charge is 2.37. The topological polar surface area (TPSA) is 111 Å². The number of hydrogen-bond donors (Lipinski definition) is 1.